The molecule has 4 rings (SSSR count). The molecule has 0 bridgehead atoms. The molecule has 0 spiro atoms. The van der Waals surface area contributed by atoms with Crippen LogP contribution in [-0.4, -0.2) is 23.2 Å². The third kappa shape index (κ3) is 5.05. The normalized spacial score (nSPS) is 10.4. The largest absolute Gasteiger partial charge is 0.493 e. The predicted octanol–water partition coefficient (Wildman–Crippen LogP) is 4.87. The number of hydrogen-bond donors (Lipinski definition) is 1. The van der Waals surface area contributed by atoms with Gasteiger partial charge in [0.25, 0.3) is 5.91 Å². The molecule has 0 radical (unpaired) electrons. The van der Waals surface area contributed by atoms with Gasteiger partial charge in [-0.15, -0.1) is 10.2 Å². The van der Waals surface area contributed by atoms with E-state index in [0.29, 0.717) is 35.2 Å². The van der Waals surface area contributed by atoms with Gasteiger partial charge in [-0.25, -0.2) is 0 Å². The van der Waals surface area contributed by atoms with Crippen LogP contribution in [0.1, 0.15) is 15.9 Å². The Bertz CT molecular complexity index is 1160. The minimum Gasteiger partial charge on any atom is -0.493 e. The standard InChI is InChI=1S/C25H21N3O3/c1-30-22-12-5-6-13-23(22)31-24-15-14-21(27-28-24)19-10-7-11-20(16-19)25(29)26-17-18-8-3-2-4-9-18/h2-16H,17H2,1H3,(H,26,29). The summed E-state index contributed by atoms with van der Waals surface area (Å²) >= 11 is 0. The fraction of sp³-hybridized carbons (Fsp3) is 0.0800. The summed E-state index contributed by atoms with van der Waals surface area (Å²) in [7, 11) is 1.58. The number of rotatable bonds is 7. The Hall–Kier alpha value is -4.19. The first-order valence-electron chi connectivity index (χ1n) is 9.80. The fourth-order valence-corrected chi connectivity index (χ4v) is 3.04. The number of carbonyl (C=O) groups is 1. The summed E-state index contributed by atoms with van der Waals surface area (Å²) in [5, 5.41) is 11.3. The highest BCUT2D eigenvalue weighted by Gasteiger charge is 2.10. The van der Waals surface area contributed by atoms with E-state index in [-0.39, 0.29) is 5.91 Å². The summed E-state index contributed by atoms with van der Waals surface area (Å²) in [4.78, 5) is 12.5. The second kappa shape index (κ2) is 9.54. The van der Waals surface area contributed by atoms with Gasteiger partial charge in [0.1, 0.15) is 0 Å². The monoisotopic (exact) mass is 411 g/mol. The zero-order chi connectivity index (χ0) is 21.5. The van der Waals surface area contributed by atoms with E-state index in [4.69, 9.17) is 9.47 Å². The van der Waals surface area contributed by atoms with E-state index in [1.54, 1.807) is 37.4 Å². The van der Waals surface area contributed by atoms with Crippen LogP contribution in [0, 0.1) is 0 Å². The van der Waals surface area contributed by atoms with Gasteiger partial charge in [0.2, 0.25) is 5.88 Å². The molecular formula is C25H21N3O3. The van der Waals surface area contributed by atoms with Gasteiger partial charge in [-0.1, -0.05) is 54.6 Å². The van der Waals surface area contributed by atoms with Crippen molar-refractivity contribution in [3.05, 3.63) is 102 Å². The minimum absolute atomic E-state index is 0.144. The van der Waals surface area contributed by atoms with Crippen LogP contribution in [0.3, 0.4) is 0 Å². The maximum atomic E-state index is 12.5. The molecular weight excluding hydrogens is 390 g/mol. The SMILES string of the molecule is COc1ccccc1Oc1ccc(-c2cccc(C(=O)NCc3ccccc3)c2)nn1. The summed E-state index contributed by atoms with van der Waals surface area (Å²) in [5.41, 5.74) is 3.04. The van der Waals surface area contributed by atoms with Gasteiger partial charge in [-0.3, -0.25) is 4.79 Å². The number of benzene rings is 3. The van der Waals surface area contributed by atoms with Gasteiger partial charge in [0, 0.05) is 23.7 Å². The van der Waals surface area contributed by atoms with Crippen molar-refractivity contribution in [1.29, 1.82) is 0 Å². The Balaban J connectivity index is 1.45. The lowest BCUT2D eigenvalue weighted by Crippen LogP contribution is -2.22. The van der Waals surface area contributed by atoms with E-state index < -0.39 is 0 Å². The molecule has 4 aromatic rings. The molecule has 1 heterocycles. The lowest BCUT2D eigenvalue weighted by Gasteiger charge is -2.09. The van der Waals surface area contributed by atoms with Crippen molar-refractivity contribution in [3.8, 4) is 28.6 Å². The molecule has 0 atom stereocenters. The van der Waals surface area contributed by atoms with Gasteiger partial charge in [-0.2, -0.15) is 0 Å². The highest BCUT2D eigenvalue weighted by Crippen LogP contribution is 2.30. The van der Waals surface area contributed by atoms with Crippen molar-refractivity contribution >= 4 is 5.91 Å². The molecule has 31 heavy (non-hydrogen) atoms. The van der Waals surface area contributed by atoms with Crippen molar-refractivity contribution in [2.24, 2.45) is 0 Å². The molecule has 3 aromatic carbocycles. The first kappa shape index (κ1) is 20.1. The number of nitrogens with zero attached hydrogens (tertiary/aromatic N) is 2. The molecule has 154 valence electrons. The van der Waals surface area contributed by atoms with E-state index in [1.165, 1.54) is 0 Å². The number of carbonyl (C=O) groups excluding carboxylic acids is 1. The Kier molecular flexibility index (Phi) is 6.18. The van der Waals surface area contributed by atoms with Crippen molar-refractivity contribution in [3.63, 3.8) is 0 Å². The second-order valence-corrected chi connectivity index (χ2v) is 6.76. The molecule has 0 aliphatic carbocycles. The molecule has 6 nitrogen and oxygen atoms in total. The van der Waals surface area contributed by atoms with Crippen LogP contribution in [0.15, 0.2) is 91.0 Å². The van der Waals surface area contributed by atoms with Crippen molar-refractivity contribution in [2.75, 3.05) is 7.11 Å². The number of ether oxygens (including phenoxy) is 2. The molecule has 0 saturated heterocycles. The van der Waals surface area contributed by atoms with Crippen LogP contribution < -0.4 is 14.8 Å². The van der Waals surface area contributed by atoms with E-state index in [2.05, 4.69) is 15.5 Å². The Labute approximate surface area is 180 Å². The van der Waals surface area contributed by atoms with E-state index in [1.807, 2.05) is 60.7 Å². The average molecular weight is 411 g/mol. The summed E-state index contributed by atoms with van der Waals surface area (Å²) in [5.74, 6) is 1.38. The summed E-state index contributed by atoms with van der Waals surface area (Å²) in [6.45, 7) is 0.471. The van der Waals surface area contributed by atoms with E-state index >= 15 is 0 Å². The third-order valence-corrected chi connectivity index (χ3v) is 4.64. The molecule has 0 aliphatic rings. The molecule has 1 aromatic heterocycles. The highest BCUT2D eigenvalue weighted by atomic mass is 16.5. The highest BCUT2D eigenvalue weighted by molar-refractivity contribution is 5.95. The van der Waals surface area contributed by atoms with Crippen LogP contribution in [0.5, 0.6) is 17.4 Å². The van der Waals surface area contributed by atoms with Crippen LogP contribution in [0.4, 0.5) is 0 Å². The molecule has 0 aliphatic heterocycles. The van der Waals surface area contributed by atoms with Crippen LogP contribution >= 0.6 is 0 Å². The van der Waals surface area contributed by atoms with E-state index in [0.717, 1.165) is 11.1 Å². The molecule has 1 N–H and O–H groups in total. The molecule has 0 saturated carbocycles. The zero-order valence-corrected chi connectivity index (χ0v) is 17.0. The van der Waals surface area contributed by atoms with Gasteiger partial charge in [0.15, 0.2) is 11.5 Å². The third-order valence-electron chi connectivity index (χ3n) is 4.64. The van der Waals surface area contributed by atoms with Crippen molar-refractivity contribution < 1.29 is 14.3 Å². The van der Waals surface area contributed by atoms with Crippen LogP contribution in [0.2, 0.25) is 0 Å². The van der Waals surface area contributed by atoms with E-state index in [9.17, 15) is 4.79 Å². The smallest absolute Gasteiger partial charge is 0.251 e. The van der Waals surface area contributed by atoms with Crippen LogP contribution in [-0.2, 0) is 6.54 Å². The summed E-state index contributed by atoms with van der Waals surface area (Å²) in [6, 6.07) is 27.9. The lowest BCUT2D eigenvalue weighted by atomic mass is 10.1. The second-order valence-electron chi connectivity index (χ2n) is 6.76. The van der Waals surface area contributed by atoms with Crippen molar-refractivity contribution in [1.82, 2.24) is 15.5 Å². The molecule has 0 fully saturated rings. The Morgan fingerprint density at radius 2 is 1.61 bits per heavy atom. The van der Waals surface area contributed by atoms with Gasteiger partial charge < -0.3 is 14.8 Å². The molecule has 1 amide bonds. The Morgan fingerprint density at radius 3 is 2.35 bits per heavy atom. The fourth-order valence-electron chi connectivity index (χ4n) is 3.04. The Morgan fingerprint density at radius 1 is 0.839 bits per heavy atom. The molecule has 6 heteroatoms. The molecule has 0 unspecified atom stereocenters. The number of hydrogen-bond acceptors (Lipinski definition) is 5. The zero-order valence-electron chi connectivity index (χ0n) is 17.0. The number of para-hydroxylation sites is 2. The summed E-state index contributed by atoms with van der Waals surface area (Å²) < 4.78 is 11.0. The average Bonchev–Trinajstić information content (AvgIpc) is 2.84. The maximum absolute atomic E-state index is 12.5. The first-order valence-corrected chi connectivity index (χ1v) is 9.80. The first-order chi connectivity index (χ1) is 15.2. The van der Waals surface area contributed by atoms with Gasteiger partial charge in [0.05, 0.1) is 12.8 Å². The minimum atomic E-state index is -0.144. The van der Waals surface area contributed by atoms with Gasteiger partial charge >= 0.3 is 0 Å². The van der Waals surface area contributed by atoms with Crippen molar-refractivity contribution in [2.45, 2.75) is 6.54 Å². The van der Waals surface area contributed by atoms with Crippen LogP contribution in [0.25, 0.3) is 11.3 Å². The number of nitrogens with one attached hydrogen (secondary N) is 1. The maximum Gasteiger partial charge on any atom is 0.251 e. The van der Waals surface area contributed by atoms with Gasteiger partial charge in [-0.05, 0) is 35.9 Å². The number of amides is 1. The predicted molar refractivity (Wildman–Crippen MR) is 118 cm³/mol. The number of methoxy groups -OCH3 is 1. The number of aromatic nitrogens is 2. The quantitative estimate of drug-likeness (QED) is 0.469. The lowest BCUT2D eigenvalue weighted by molar-refractivity contribution is 0.0951. The topological polar surface area (TPSA) is 73.3 Å². The summed E-state index contributed by atoms with van der Waals surface area (Å²) in [6.07, 6.45) is 0.